The van der Waals surface area contributed by atoms with Gasteiger partial charge in [-0.25, -0.2) is 0 Å². The van der Waals surface area contributed by atoms with Crippen molar-refractivity contribution in [3.8, 4) is 6.07 Å². The molecule has 0 radical (unpaired) electrons. The lowest BCUT2D eigenvalue weighted by Crippen LogP contribution is -2.43. The Balaban J connectivity index is 1.45. The van der Waals surface area contributed by atoms with Gasteiger partial charge < -0.3 is 4.90 Å². The highest BCUT2D eigenvalue weighted by Gasteiger charge is 2.33. The maximum atomic E-state index is 13.4. The molecule has 4 rings (SSSR count). The second-order valence-electron chi connectivity index (χ2n) is 8.32. The minimum atomic E-state index is -0.181. The third-order valence-electron chi connectivity index (χ3n) is 6.24. The van der Waals surface area contributed by atoms with E-state index in [9.17, 15) is 4.79 Å². The van der Waals surface area contributed by atoms with Crippen molar-refractivity contribution in [2.45, 2.75) is 31.8 Å². The van der Waals surface area contributed by atoms with E-state index in [4.69, 9.17) is 5.26 Å². The largest absolute Gasteiger partial charge is 0.341 e. The Morgan fingerprint density at radius 1 is 0.867 bits per heavy atom. The summed E-state index contributed by atoms with van der Waals surface area (Å²) in [6.07, 6.45) is 3.28. The summed E-state index contributed by atoms with van der Waals surface area (Å²) in [6.45, 7) is 6.45. The highest BCUT2D eigenvalue weighted by Crippen LogP contribution is 2.26. The van der Waals surface area contributed by atoms with E-state index in [1.54, 1.807) is 0 Å². The van der Waals surface area contributed by atoms with Crippen molar-refractivity contribution in [2.75, 3.05) is 39.3 Å². The lowest BCUT2D eigenvalue weighted by molar-refractivity contribution is -0.136. The maximum Gasteiger partial charge on any atom is 0.244 e. The van der Waals surface area contributed by atoms with Gasteiger partial charge in [-0.05, 0) is 49.1 Å². The van der Waals surface area contributed by atoms with Gasteiger partial charge in [0.15, 0.2) is 0 Å². The van der Waals surface area contributed by atoms with Gasteiger partial charge in [0, 0.05) is 39.3 Å². The number of benzene rings is 2. The van der Waals surface area contributed by atoms with Crippen LogP contribution < -0.4 is 0 Å². The van der Waals surface area contributed by atoms with Gasteiger partial charge in [0.1, 0.15) is 6.04 Å². The molecule has 0 N–H and O–H groups in total. The summed E-state index contributed by atoms with van der Waals surface area (Å²) in [5.41, 5.74) is 3.04. The molecule has 0 bridgehead atoms. The predicted octanol–water partition coefficient (Wildman–Crippen LogP) is 3.43. The molecule has 0 aliphatic carbocycles. The summed E-state index contributed by atoms with van der Waals surface area (Å²) >= 11 is 0. The van der Waals surface area contributed by atoms with Crippen LogP contribution >= 0.6 is 0 Å². The normalized spacial score (nSPS) is 19.2. The lowest BCUT2D eigenvalue weighted by Gasteiger charge is -2.33. The van der Waals surface area contributed by atoms with E-state index in [2.05, 4.69) is 32.9 Å². The third-order valence-corrected chi connectivity index (χ3v) is 6.24. The minimum Gasteiger partial charge on any atom is -0.341 e. The number of carbonyl (C=O) groups excluding carboxylic acids is 1. The van der Waals surface area contributed by atoms with Crippen molar-refractivity contribution in [1.29, 1.82) is 5.26 Å². The zero-order valence-electron chi connectivity index (χ0n) is 17.5. The molecule has 2 aromatic rings. The minimum absolute atomic E-state index is 0.181. The van der Waals surface area contributed by atoms with E-state index in [-0.39, 0.29) is 11.9 Å². The molecular formula is C25H30N4O. The Bertz CT molecular complexity index is 868. The number of hydrogen-bond donors (Lipinski definition) is 0. The van der Waals surface area contributed by atoms with E-state index >= 15 is 0 Å². The van der Waals surface area contributed by atoms with E-state index in [0.717, 1.165) is 70.6 Å². The van der Waals surface area contributed by atoms with Crippen LogP contribution in [0.1, 0.15) is 42.0 Å². The van der Waals surface area contributed by atoms with Crippen molar-refractivity contribution < 1.29 is 4.79 Å². The van der Waals surface area contributed by atoms with E-state index in [1.807, 2.05) is 42.5 Å². The van der Waals surface area contributed by atoms with Crippen LogP contribution in [0.2, 0.25) is 0 Å². The first-order valence-electron chi connectivity index (χ1n) is 11.0. The standard InChI is InChI=1S/C25H30N4O/c26-19-21-9-11-22(12-10-21)20-27-13-6-16-28(18-17-27)24(23-7-2-1-3-8-23)25(30)29-14-4-5-15-29/h1-3,7-12,24H,4-6,13-18,20H2. The van der Waals surface area contributed by atoms with Crippen molar-refractivity contribution in [3.63, 3.8) is 0 Å². The molecule has 0 aromatic heterocycles. The number of nitriles is 1. The second kappa shape index (κ2) is 9.88. The first-order chi connectivity index (χ1) is 14.7. The van der Waals surface area contributed by atoms with Gasteiger partial charge in [0.05, 0.1) is 11.6 Å². The Kier molecular flexibility index (Phi) is 6.78. The third kappa shape index (κ3) is 4.89. The van der Waals surface area contributed by atoms with Gasteiger partial charge in [-0.2, -0.15) is 5.26 Å². The summed E-state index contributed by atoms with van der Waals surface area (Å²) in [5.74, 6) is 0.263. The quantitative estimate of drug-likeness (QED) is 0.769. The van der Waals surface area contributed by atoms with Crippen LogP contribution in [0.5, 0.6) is 0 Å². The molecule has 2 fully saturated rings. The highest BCUT2D eigenvalue weighted by molar-refractivity contribution is 5.83. The van der Waals surface area contributed by atoms with Gasteiger partial charge in [-0.1, -0.05) is 42.5 Å². The molecular weight excluding hydrogens is 372 g/mol. The van der Waals surface area contributed by atoms with Crippen LogP contribution in [0.25, 0.3) is 0 Å². The van der Waals surface area contributed by atoms with Crippen molar-refractivity contribution in [2.24, 2.45) is 0 Å². The fourth-order valence-corrected chi connectivity index (χ4v) is 4.61. The van der Waals surface area contributed by atoms with Gasteiger partial charge in [-0.15, -0.1) is 0 Å². The molecule has 156 valence electrons. The SMILES string of the molecule is N#Cc1ccc(CN2CCCN(C(C(=O)N3CCCC3)c3ccccc3)CC2)cc1. The molecule has 2 heterocycles. The Hall–Kier alpha value is -2.68. The molecule has 0 spiro atoms. The first-order valence-corrected chi connectivity index (χ1v) is 11.0. The van der Waals surface area contributed by atoms with Crippen molar-refractivity contribution in [3.05, 3.63) is 71.3 Å². The number of amides is 1. The zero-order valence-corrected chi connectivity index (χ0v) is 17.5. The monoisotopic (exact) mass is 402 g/mol. The fraction of sp³-hybridized carbons (Fsp3) is 0.440. The molecule has 2 saturated heterocycles. The average molecular weight is 403 g/mol. The molecule has 5 nitrogen and oxygen atoms in total. The Labute approximate surface area is 179 Å². The summed E-state index contributed by atoms with van der Waals surface area (Å²) in [6, 6.07) is 20.1. The van der Waals surface area contributed by atoms with Crippen LogP contribution in [0, 0.1) is 11.3 Å². The lowest BCUT2D eigenvalue weighted by atomic mass is 10.0. The zero-order chi connectivity index (χ0) is 20.8. The number of hydrogen-bond acceptors (Lipinski definition) is 4. The van der Waals surface area contributed by atoms with E-state index in [1.165, 1.54) is 5.56 Å². The summed E-state index contributed by atoms with van der Waals surface area (Å²) in [7, 11) is 0. The van der Waals surface area contributed by atoms with Crippen LogP contribution in [-0.4, -0.2) is 59.9 Å². The summed E-state index contributed by atoms with van der Waals surface area (Å²) in [5, 5.41) is 8.99. The fourth-order valence-electron chi connectivity index (χ4n) is 4.61. The van der Waals surface area contributed by atoms with Gasteiger partial charge in [-0.3, -0.25) is 14.6 Å². The number of carbonyl (C=O) groups is 1. The van der Waals surface area contributed by atoms with Crippen LogP contribution in [0.4, 0.5) is 0 Å². The molecule has 2 aromatic carbocycles. The number of likely N-dealkylation sites (tertiary alicyclic amines) is 1. The van der Waals surface area contributed by atoms with Crippen LogP contribution in [-0.2, 0) is 11.3 Å². The molecule has 30 heavy (non-hydrogen) atoms. The number of rotatable bonds is 5. The average Bonchev–Trinajstić information content (AvgIpc) is 3.24. The molecule has 5 heteroatoms. The van der Waals surface area contributed by atoms with Gasteiger partial charge in [0.2, 0.25) is 5.91 Å². The molecule has 1 unspecified atom stereocenters. The maximum absolute atomic E-state index is 13.4. The highest BCUT2D eigenvalue weighted by atomic mass is 16.2. The van der Waals surface area contributed by atoms with Gasteiger partial charge >= 0.3 is 0 Å². The number of nitrogens with zero attached hydrogens (tertiary/aromatic N) is 4. The molecule has 0 saturated carbocycles. The van der Waals surface area contributed by atoms with Crippen molar-refractivity contribution >= 4 is 5.91 Å². The second-order valence-corrected chi connectivity index (χ2v) is 8.32. The first kappa shape index (κ1) is 20.6. The topological polar surface area (TPSA) is 50.6 Å². The van der Waals surface area contributed by atoms with Crippen LogP contribution in [0.15, 0.2) is 54.6 Å². The summed E-state index contributed by atoms with van der Waals surface area (Å²) < 4.78 is 0. The van der Waals surface area contributed by atoms with Gasteiger partial charge in [0.25, 0.3) is 0 Å². The Morgan fingerprint density at radius 3 is 2.30 bits per heavy atom. The molecule has 1 amide bonds. The molecule has 2 aliphatic rings. The van der Waals surface area contributed by atoms with Crippen molar-refractivity contribution in [1.82, 2.24) is 14.7 Å². The Morgan fingerprint density at radius 2 is 1.60 bits per heavy atom. The van der Waals surface area contributed by atoms with E-state index < -0.39 is 0 Å². The van der Waals surface area contributed by atoms with E-state index in [0.29, 0.717) is 5.56 Å². The predicted molar refractivity (Wildman–Crippen MR) is 118 cm³/mol. The smallest absolute Gasteiger partial charge is 0.244 e. The molecule has 1 atom stereocenters. The summed E-state index contributed by atoms with van der Waals surface area (Å²) in [4.78, 5) is 20.3. The molecule has 2 aliphatic heterocycles. The van der Waals surface area contributed by atoms with Crippen LogP contribution in [0.3, 0.4) is 0 Å².